The molecule has 3 aromatic carbocycles. The average molecular weight is 657 g/mol. The van der Waals surface area contributed by atoms with Gasteiger partial charge in [-0.2, -0.15) is 0 Å². The van der Waals surface area contributed by atoms with Gasteiger partial charge in [-0.05, 0) is 67.3 Å². The van der Waals surface area contributed by atoms with Crippen LogP contribution < -0.4 is 14.4 Å². The third kappa shape index (κ3) is 7.92. The quantitative estimate of drug-likeness (QED) is 0.262. The number of halogens is 1. The van der Waals surface area contributed by atoms with Crippen molar-refractivity contribution in [2.75, 3.05) is 18.0 Å². The van der Waals surface area contributed by atoms with Gasteiger partial charge in [0.05, 0.1) is 17.7 Å². The van der Waals surface area contributed by atoms with E-state index < -0.39 is 28.5 Å². The number of benzene rings is 3. The Bertz CT molecular complexity index is 1460. The summed E-state index contributed by atoms with van der Waals surface area (Å²) in [4.78, 5) is 29.5. The SMILES string of the molecule is CC[C@@H](C(=O)NC1CCCCC1)N(Cc1cccc(OC)c1)C(=O)CN(c1cccc(Br)c1)S(=O)(=O)c1ccccc1. The predicted octanol–water partition coefficient (Wildman–Crippen LogP) is 5.91. The molecule has 0 aromatic heterocycles. The normalized spacial score (nSPS) is 14.5. The van der Waals surface area contributed by atoms with Crippen molar-refractivity contribution in [1.29, 1.82) is 0 Å². The fraction of sp³-hybridized carbons (Fsp3) is 0.375. The van der Waals surface area contributed by atoms with Crippen molar-refractivity contribution in [1.82, 2.24) is 10.2 Å². The van der Waals surface area contributed by atoms with Crippen LogP contribution in [0.5, 0.6) is 5.75 Å². The molecule has 0 radical (unpaired) electrons. The molecule has 42 heavy (non-hydrogen) atoms. The number of carbonyl (C=O) groups excluding carboxylic acids is 2. The van der Waals surface area contributed by atoms with Gasteiger partial charge in [-0.25, -0.2) is 8.42 Å². The fourth-order valence-electron chi connectivity index (χ4n) is 5.31. The molecule has 1 atom stereocenters. The number of rotatable bonds is 12. The van der Waals surface area contributed by atoms with Gasteiger partial charge >= 0.3 is 0 Å². The number of sulfonamides is 1. The Morgan fingerprint density at radius 3 is 2.36 bits per heavy atom. The topological polar surface area (TPSA) is 96.0 Å². The van der Waals surface area contributed by atoms with Crippen LogP contribution in [0.3, 0.4) is 0 Å². The van der Waals surface area contributed by atoms with Gasteiger partial charge in [-0.1, -0.05) is 78.5 Å². The molecule has 4 rings (SSSR count). The molecule has 0 heterocycles. The van der Waals surface area contributed by atoms with Crippen LogP contribution in [-0.4, -0.2) is 50.9 Å². The summed E-state index contributed by atoms with van der Waals surface area (Å²) in [7, 11) is -2.55. The third-order valence-electron chi connectivity index (χ3n) is 7.53. The van der Waals surface area contributed by atoms with E-state index in [9.17, 15) is 18.0 Å². The van der Waals surface area contributed by atoms with E-state index in [-0.39, 0.29) is 23.4 Å². The maximum Gasteiger partial charge on any atom is 0.264 e. The number of ether oxygens (including phenoxy) is 1. The highest BCUT2D eigenvalue weighted by Gasteiger charge is 2.34. The van der Waals surface area contributed by atoms with Crippen LogP contribution in [0, 0.1) is 0 Å². The molecule has 0 saturated heterocycles. The number of hydrogen-bond donors (Lipinski definition) is 1. The third-order valence-corrected chi connectivity index (χ3v) is 9.81. The molecule has 1 fully saturated rings. The van der Waals surface area contributed by atoms with Crippen LogP contribution in [0.2, 0.25) is 0 Å². The highest BCUT2D eigenvalue weighted by atomic mass is 79.9. The molecule has 1 aliphatic carbocycles. The minimum atomic E-state index is -4.11. The van der Waals surface area contributed by atoms with Crippen molar-refractivity contribution < 1.29 is 22.7 Å². The van der Waals surface area contributed by atoms with Crippen molar-refractivity contribution >= 4 is 43.5 Å². The molecule has 8 nitrogen and oxygen atoms in total. The van der Waals surface area contributed by atoms with E-state index in [1.807, 2.05) is 31.2 Å². The van der Waals surface area contributed by atoms with Crippen molar-refractivity contribution in [2.45, 2.75) is 69.0 Å². The van der Waals surface area contributed by atoms with Crippen molar-refractivity contribution in [3.63, 3.8) is 0 Å². The molecule has 10 heteroatoms. The lowest BCUT2D eigenvalue weighted by molar-refractivity contribution is -0.140. The summed E-state index contributed by atoms with van der Waals surface area (Å²) >= 11 is 3.43. The molecule has 3 aromatic rings. The summed E-state index contributed by atoms with van der Waals surface area (Å²) in [5.41, 5.74) is 1.11. The Balaban J connectivity index is 1.71. The second kappa shape index (κ2) is 14.7. The lowest BCUT2D eigenvalue weighted by Crippen LogP contribution is -2.54. The molecule has 0 bridgehead atoms. The number of anilines is 1. The molecular weight excluding hydrogens is 618 g/mol. The number of nitrogens with one attached hydrogen (secondary N) is 1. The number of nitrogens with zero attached hydrogens (tertiary/aromatic N) is 2. The lowest BCUT2D eigenvalue weighted by atomic mass is 9.95. The smallest absolute Gasteiger partial charge is 0.264 e. The van der Waals surface area contributed by atoms with Gasteiger partial charge < -0.3 is 15.0 Å². The summed E-state index contributed by atoms with van der Waals surface area (Å²) in [6, 6.07) is 21.5. The van der Waals surface area contributed by atoms with Crippen LogP contribution in [0.25, 0.3) is 0 Å². The first-order chi connectivity index (χ1) is 20.2. The maximum absolute atomic E-state index is 14.2. The van der Waals surface area contributed by atoms with E-state index in [1.54, 1.807) is 49.6 Å². The standard InChI is InChI=1S/C32H38BrN3O5S/c1-3-30(32(38)34-26-14-6-4-7-15-26)35(22-24-12-10-17-28(20-24)41-2)31(37)23-36(27-16-11-13-25(33)21-27)42(39,40)29-18-8-5-9-19-29/h5,8-13,16-21,26,30H,3-4,6-7,14-15,22-23H2,1-2H3,(H,34,38)/t30-/m0/s1. The van der Waals surface area contributed by atoms with Crippen LogP contribution in [0.4, 0.5) is 5.69 Å². The molecule has 2 amide bonds. The van der Waals surface area contributed by atoms with Crippen LogP contribution in [0.15, 0.2) is 88.2 Å². The molecule has 0 spiro atoms. The maximum atomic E-state index is 14.2. The summed E-state index contributed by atoms with van der Waals surface area (Å²) in [6.45, 7) is 1.50. The van der Waals surface area contributed by atoms with E-state index in [0.29, 0.717) is 22.3 Å². The number of hydrogen-bond acceptors (Lipinski definition) is 5. The number of amides is 2. The molecule has 0 unspecified atom stereocenters. The Kier molecular flexibility index (Phi) is 11.0. The first kappa shape index (κ1) is 31.6. The Morgan fingerprint density at radius 2 is 1.69 bits per heavy atom. The zero-order valence-electron chi connectivity index (χ0n) is 24.0. The van der Waals surface area contributed by atoms with E-state index in [4.69, 9.17) is 4.74 Å². The molecule has 1 N–H and O–H groups in total. The highest BCUT2D eigenvalue weighted by molar-refractivity contribution is 9.10. The van der Waals surface area contributed by atoms with E-state index in [0.717, 1.165) is 42.0 Å². The first-order valence-electron chi connectivity index (χ1n) is 14.3. The number of carbonyl (C=O) groups is 2. The number of methoxy groups -OCH3 is 1. The second-order valence-corrected chi connectivity index (χ2v) is 13.2. The summed E-state index contributed by atoms with van der Waals surface area (Å²) in [5, 5.41) is 3.17. The summed E-state index contributed by atoms with van der Waals surface area (Å²) in [6.07, 6.45) is 5.48. The van der Waals surface area contributed by atoms with Crippen LogP contribution in [0.1, 0.15) is 51.0 Å². The van der Waals surface area contributed by atoms with Crippen molar-refractivity contribution in [2.24, 2.45) is 0 Å². The van der Waals surface area contributed by atoms with E-state index in [2.05, 4.69) is 21.2 Å². The van der Waals surface area contributed by atoms with Gasteiger partial charge in [-0.15, -0.1) is 0 Å². The van der Waals surface area contributed by atoms with Crippen LogP contribution >= 0.6 is 15.9 Å². The zero-order valence-corrected chi connectivity index (χ0v) is 26.4. The van der Waals surface area contributed by atoms with Gasteiger partial charge in [-0.3, -0.25) is 13.9 Å². The predicted molar refractivity (Wildman–Crippen MR) is 168 cm³/mol. The van der Waals surface area contributed by atoms with Gasteiger partial charge in [0.15, 0.2) is 0 Å². The lowest BCUT2D eigenvalue weighted by Gasteiger charge is -2.34. The van der Waals surface area contributed by atoms with E-state index in [1.165, 1.54) is 17.0 Å². The fourth-order valence-corrected chi connectivity index (χ4v) is 7.13. The molecule has 0 aliphatic heterocycles. The molecule has 1 saturated carbocycles. The van der Waals surface area contributed by atoms with Crippen molar-refractivity contribution in [3.05, 3.63) is 88.9 Å². The average Bonchev–Trinajstić information content (AvgIpc) is 3.00. The highest BCUT2D eigenvalue weighted by Crippen LogP contribution is 2.27. The Morgan fingerprint density at radius 1 is 0.976 bits per heavy atom. The minimum absolute atomic E-state index is 0.0687. The second-order valence-electron chi connectivity index (χ2n) is 10.4. The van der Waals surface area contributed by atoms with Gasteiger partial charge in [0.1, 0.15) is 18.3 Å². The first-order valence-corrected chi connectivity index (χ1v) is 16.5. The molecular formula is C32H38BrN3O5S. The van der Waals surface area contributed by atoms with Crippen molar-refractivity contribution in [3.8, 4) is 5.75 Å². The van der Waals surface area contributed by atoms with Gasteiger partial charge in [0.2, 0.25) is 11.8 Å². The summed E-state index contributed by atoms with van der Waals surface area (Å²) in [5.74, 6) is -0.0782. The van der Waals surface area contributed by atoms with Gasteiger partial charge in [0.25, 0.3) is 10.0 Å². The Hall–Kier alpha value is -3.37. The molecule has 224 valence electrons. The summed E-state index contributed by atoms with van der Waals surface area (Å²) < 4.78 is 35.0. The van der Waals surface area contributed by atoms with Crippen LogP contribution in [-0.2, 0) is 26.2 Å². The Labute approximate surface area is 257 Å². The van der Waals surface area contributed by atoms with E-state index >= 15 is 0 Å². The molecule has 1 aliphatic rings. The largest absolute Gasteiger partial charge is 0.497 e. The zero-order chi connectivity index (χ0) is 30.1. The van der Waals surface area contributed by atoms with Gasteiger partial charge in [0, 0.05) is 17.1 Å². The minimum Gasteiger partial charge on any atom is -0.497 e. The monoisotopic (exact) mass is 655 g/mol.